The summed E-state index contributed by atoms with van der Waals surface area (Å²) in [4.78, 5) is 14.4. The number of anilines is 1. The summed E-state index contributed by atoms with van der Waals surface area (Å²) in [6.07, 6.45) is 4.01. The molecule has 1 fully saturated rings. The van der Waals surface area contributed by atoms with Gasteiger partial charge < -0.3 is 15.0 Å². The summed E-state index contributed by atoms with van der Waals surface area (Å²) in [6.45, 7) is 6.03. The maximum Gasteiger partial charge on any atom is 0.222 e. The van der Waals surface area contributed by atoms with E-state index in [1.54, 1.807) is 10.9 Å². The number of aromatic nitrogens is 2. The van der Waals surface area contributed by atoms with Crippen LogP contribution in [0.4, 0.5) is 5.69 Å². The Labute approximate surface area is 142 Å². The molecule has 1 N–H and O–H groups in total. The first kappa shape index (κ1) is 16.5. The Morgan fingerprint density at radius 3 is 2.71 bits per heavy atom. The van der Waals surface area contributed by atoms with Crippen LogP contribution in [0.3, 0.4) is 0 Å². The van der Waals surface area contributed by atoms with Crippen molar-refractivity contribution in [3.8, 4) is 0 Å². The van der Waals surface area contributed by atoms with Gasteiger partial charge >= 0.3 is 0 Å². The minimum atomic E-state index is -0.00568. The molecule has 1 saturated heterocycles. The highest BCUT2D eigenvalue weighted by atomic mass is 16.5. The molecule has 0 radical (unpaired) electrons. The Morgan fingerprint density at radius 1 is 1.29 bits per heavy atom. The molecule has 1 aromatic heterocycles. The fraction of sp³-hybridized carbons (Fsp3) is 0.444. The summed E-state index contributed by atoms with van der Waals surface area (Å²) in [5.74, 6) is 0.0373. The van der Waals surface area contributed by atoms with Gasteiger partial charge in [-0.3, -0.25) is 9.48 Å². The number of benzene rings is 1. The lowest BCUT2D eigenvalue weighted by atomic mass is 10.1. The second-order valence-electron chi connectivity index (χ2n) is 6.00. The van der Waals surface area contributed by atoms with Gasteiger partial charge in [-0.1, -0.05) is 12.1 Å². The van der Waals surface area contributed by atoms with Gasteiger partial charge in [-0.2, -0.15) is 5.10 Å². The van der Waals surface area contributed by atoms with Crippen LogP contribution in [0.1, 0.15) is 24.9 Å². The maximum atomic E-state index is 12.1. The van der Waals surface area contributed by atoms with Gasteiger partial charge in [-0.15, -0.1) is 0 Å². The van der Waals surface area contributed by atoms with Gasteiger partial charge in [0.25, 0.3) is 0 Å². The molecule has 1 atom stereocenters. The number of carbonyl (C=O) groups is 1. The van der Waals surface area contributed by atoms with Crippen molar-refractivity contribution in [2.24, 2.45) is 0 Å². The minimum absolute atomic E-state index is 0.00568. The molecule has 1 unspecified atom stereocenters. The van der Waals surface area contributed by atoms with Crippen molar-refractivity contribution in [2.75, 3.05) is 31.2 Å². The van der Waals surface area contributed by atoms with Crippen LogP contribution in [0.5, 0.6) is 0 Å². The highest BCUT2D eigenvalue weighted by molar-refractivity contribution is 5.76. The number of aryl methyl sites for hydroxylation is 1. The molecular weight excluding hydrogens is 304 g/mol. The van der Waals surface area contributed by atoms with E-state index in [1.165, 1.54) is 5.69 Å². The molecule has 6 nitrogen and oxygen atoms in total. The van der Waals surface area contributed by atoms with Crippen LogP contribution in [0.2, 0.25) is 0 Å². The molecule has 3 rings (SSSR count). The van der Waals surface area contributed by atoms with Gasteiger partial charge in [0, 0.05) is 44.1 Å². The Bertz CT molecular complexity index is 634. The van der Waals surface area contributed by atoms with Crippen LogP contribution < -0.4 is 10.2 Å². The fourth-order valence-corrected chi connectivity index (χ4v) is 2.84. The van der Waals surface area contributed by atoms with Crippen LogP contribution in [0.25, 0.3) is 0 Å². The predicted octanol–water partition coefficient (Wildman–Crippen LogP) is 1.99. The summed E-state index contributed by atoms with van der Waals surface area (Å²) in [5.41, 5.74) is 2.32. The fourth-order valence-electron chi connectivity index (χ4n) is 2.84. The largest absolute Gasteiger partial charge is 0.378 e. The van der Waals surface area contributed by atoms with Gasteiger partial charge in [-0.25, -0.2) is 0 Å². The van der Waals surface area contributed by atoms with Crippen molar-refractivity contribution in [1.82, 2.24) is 15.1 Å². The number of amides is 1. The number of ether oxygens (including phenoxy) is 1. The van der Waals surface area contributed by atoms with E-state index >= 15 is 0 Å². The molecule has 0 saturated carbocycles. The lowest BCUT2D eigenvalue weighted by Gasteiger charge is -2.29. The quantitative estimate of drug-likeness (QED) is 0.881. The summed E-state index contributed by atoms with van der Waals surface area (Å²) < 4.78 is 7.15. The van der Waals surface area contributed by atoms with Gasteiger partial charge in [0.1, 0.15) is 0 Å². The van der Waals surface area contributed by atoms with E-state index in [0.29, 0.717) is 13.0 Å². The van der Waals surface area contributed by atoms with Crippen LogP contribution in [-0.2, 0) is 16.1 Å². The van der Waals surface area contributed by atoms with Gasteiger partial charge in [0.15, 0.2) is 0 Å². The van der Waals surface area contributed by atoms with Gasteiger partial charge in [-0.05, 0) is 30.7 Å². The highest BCUT2D eigenvalue weighted by Crippen LogP contribution is 2.20. The Balaban J connectivity index is 1.50. The molecule has 2 aromatic rings. The first-order valence-corrected chi connectivity index (χ1v) is 8.42. The zero-order valence-corrected chi connectivity index (χ0v) is 14.0. The van der Waals surface area contributed by atoms with Crippen LogP contribution in [0, 0.1) is 0 Å². The van der Waals surface area contributed by atoms with E-state index in [0.717, 1.165) is 31.9 Å². The Hall–Kier alpha value is -2.34. The monoisotopic (exact) mass is 328 g/mol. The topological polar surface area (TPSA) is 59.4 Å². The highest BCUT2D eigenvalue weighted by Gasteiger charge is 2.13. The molecule has 1 amide bonds. The summed E-state index contributed by atoms with van der Waals surface area (Å²) in [7, 11) is 0. The average Bonchev–Trinajstić information content (AvgIpc) is 3.14. The number of rotatable bonds is 6. The minimum Gasteiger partial charge on any atom is -0.378 e. The van der Waals surface area contributed by atoms with E-state index in [9.17, 15) is 4.79 Å². The van der Waals surface area contributed by atoms with Crippen molar-refractivity contribution in [1.29, 1.82) is 0 Å². The molecule has 0 aliphatic carbocycles. The van der Waals surface area contributed by atoms with Crippen molar-refractivity contribution in [3.05, 3.63) is 48.3 Å². The smallest absolute Gasteiger partial charge is 0.222 e. The maximum absolute atomic E-state index is 12.1. The first-order valence-electron chi connectivity index (χ1n) is 8.42. The summed E-state index contributed by atoms with van der Waals surface area (Å²) in [6, 6.07) is 10.3. The third-order valence-corrected chi connectivity index (χ3v) is 4.27. The zero-order chi connectivity index (χ0) is 16.8. The third-order valence-electron chi connectivity index (χ3n) is 4.27. The molecule has 1 aliphatic heterocycles. The number of carbonyl (C=O) groups excluding carboxylic acids is 1. The molecule has 1 aliphatic rings. The number of nitrogens with zero attached hydrogens (tertiary/aromatic N) is 3. The first-order chi connectivity index (χ1) is 11.7. The summed E-state index contributed by atoms with van der Waals surface area (Å²) >= 11 is 0. The molecule has 24 heavy (non-hydrogen) atoms. The average molecular weight is 328 g/mol. The van der Waals surface area contributed by atoms with Crippen LogP contribution in [0.15, 0.2) is 42.7 Å². The number of hydrogen-bond donors (Lipinski definition) is 1. The molecule has 1 aromatic carbocycles. The van der Waals surface area contributed by atoms with Gasteiger partial charge in [0.2, 0.25) is 5.91 Å². The Kier molecular flexibility index (Phi) is 5.48. The van der Waals surface area contributed by atoms with Crippen LogP contribution >= 0.6 is 0 Å². The molecule has 2 heterocycles. The zero-order valence-electron chi connectivity index (χ0n) is 14.0. The van der Waals surface area contributed by atoms with Gasteiger partial charge in [0.05, 0.1) is 19.3 Å². The van der Waals surface area contributed by atoms with Crippen molar-refractivity contribution >= 4 is 11.6 Å². The SMILES string of the molecule is CC(NC(=O)CCn1cccn1)c1ccc(N2CCOCC2)cc1. The van der Waals surface area contributed by atoms with Crippen molar-refractivity contribution in [2.45, 2.75) is 25.9 Å². The van der Waals surface area contributed by atoms with E-state index < -0.39 is 0 Å². The number of morpholine rings is 1. The standard InChI is InChI=1S/C18H24N4O2/c1-15(20-18(23)7-10-22-9-2-8-19-22)16-3-5-17(6-4-16)21-11-13-24-14-12-21/h2-6,8-9,15H,7,10-14H2,1H3,(H,20,23). The molecule has 6 heteroatoms. The molecule has 0 bridgehead atoms. The van der Waals surface area contributed by atoms with E-state index in [-0.39, 0.29) is 11.9 Å². The normalized spacial score (nSPS) is 16.0. The number of hydrogen-bond acceptors (Lipinski definition) is 4. The Morgan fingerprint density at radius 2 is 2.04 bits per heavy atom. The lowest BCUT2D eigenvalue weighted by Crippen LogP contribution is -2.36. The van der Waals surface area contributed by atoms with E-state index in [1.807, 2.05) is 19.2 Å². The van der Waals surface area contributed by atoms with Crippen molar-refractivity contribution < 1.29 is 9.53 Å². The summed E-state index contributed by atoms with van der Waals surface area (Å²) in [5, 5.41) is 7.15. The second kappa shape index (κ2) is 7.97. The second-order valence-corrected chi connectivity index (χ2v) is 6.00. The van der Waals surface area contributed by atoms with Crippen LogP contribution in [-0.4, -0.2) is 42.0 Å². The van der Waals surface area contributed by atoms with E-state index in [4.69, 9.17) is 4.74 Å². The molecule has 0 spiro atoms. The predicted molar refractivity (Wildman–Crippen MR) is 92.9 cm³/mol. The van der Waals surface area contributed by atoms with E-state index in [2.05, 4.69) is 39.6 Å². The molecule has 128 valence electrons. The third kappa shape index (κ3) is 4.35. The lowest BCUT2D eigenvalue weighted by molar-refractivity contribution is -0.122. The van der Waals surface area contributed by atoms with Crippen molar-refractivity contribution in [3.63, 3.8) is 0 Å². The number of nitrogens with one attached hydrogen (secondary N) is 1. The molecular formula is C18H24N4O2.